The maximum atomic E-state index is 11.9. The van der Waals surface area contributed by atoms with Crippen LogP contribution in [0.15, 0.2) is 11.6 Å². The molecule has 0 aliphatic heterocycles. The van der Waals surface area contributed by atoms with Crippen molar-refractivity contribution in [2.75, 3.05) is 6.61 Å². The summed E-state index contributed by atoms with van der Waals surface area (Å²) in [7, 11) is 0. The quantitative estimate of drug-likeness (QED) is 0.549. The molecule has 19 heavy (non-hydrogen) atoms. The minimum atomic E-state index is -0.571. The van der Waals surface area contributed by atoms with Crippen LogP contribution in [0.25, 0.3) is 0 Å². The SMILES string of the molecule is CCC=C(COC(=O)C(C)(C)C)C(=O)OC(C)CC. The lowest BCUT2D eigenvalue weighted by molar-refractivity contribution is -0.153. The molecule has 0 aromatic rings. The van der Waals surface area contributed by atoms with E-state index >= 15 is 0 Å². The summed E-state index contributed by atoms with van der Waals surface area (Å²) in [6.45, 7) is 11.0. The van der Waals surface area contributed by atoms with Gasteiger partial charge in [-0.1, -0.05) is 19.9 Å². The van der Waals surface area contributed by atoms with Crippen molar-refractivity contribution in [3.05, 3.63) is 11.6 Å². The largest absolute Gasteiger partial charge is 0.460 e. The molecular formula is C15H26O4. The van der Waals surface area contributed by atoms with Gasteiger partial charge >= 0.3 is 11.9 Å². The molecule has 0 heterocycles. The summed E-state index contributed by atoms with van der Waals surface area (Å²) in [5.74, 6) is -0.733. The Morgan fingerprint density at radius 3 is 2.21 bits per heavy atom. The fourth-order valence-corrected chi connectivity index (χ4v) is 1.15. The first-order valence-corrected chi connectivity index (χ1v) is 6.79. The second-order valence-electron chi connectivity index (χ2n) is 5.59. The van der Waals surface area contributed by atoms with Crippen molar-refractivity contribution in [2.24, 2.45) is 5.41 Å². The standard InChI is InChI=1S/C15H26O4/c1-7-9-12(13(16)19-11(3)8-2)10-18-14(17)15(4,5)6/h9,11H,7-8,10H2,1-6H3. The van der Waals surface area contributed by atoms with Crippen molar-refractivity contribution < 1.29 is 19.1 Å². The molecular weight excluding hydrogens is 244 g/mol. The molecule has 4 heteroatoms. The lowest BCUT2D eigenvalue weighted by Crippen LogP contribution is -2.26. The van der Waals surface area contributed by atoms with Crippen LogP contribution in [0.4, 0.5) is 0 Å². The van der Waals surface area contributed by atoms with E-state index in [0.717, 1.165) is 6.42 Å². The third kappa shape index (κ3) is 6.99. The minimum absolute atomic E-state index is 0.0286. The number of hydrogen-bond acceptors (Lipinski definition) is 4. The number of carbonyl (C=O) groups is 2. The Kier molecular flexibility index (Phi) is 7.42. The highest BCUT2D eigenvalue weighted by atomic mass is 16.6. The predicted molar refractivity (Wildman–Crippen MR) is 74.6 cm³/mol. The van der Waals surface area contributed by atoms with Gasteiger partial charge in [0.15, 0.2) is 0 Å². The van der Waals surface area contributed by atoms with Crippen LogP contribution in [-0.4, -0.2) is 24.6 Å². The van der Waals surface area contributed by atoms with Gasteiger partial charge < -0.3 is 9.47 Å². The molecule has 0 amide bonds. The summed E-state index contributed by atoms with van der Waals surface area (Å²) >= 11 is 0. The summed E-state index contributed by atoms with van der Waals surface area (Å²) in [5.41, 5.74) is -0.168. The molecule has 1 atom stereocenters. The molecule has 0 N–H and O–H groups in total. The topological polar surface area (TPSA) is 52.6 Å². The normalized spacial score (nSPS) is 13.9. The number of carbonyl (C=O) groups excluding carboxylic acids is 2. The van der Waals surface area contributed by atoms with E-state index in [2.05, 4.69) is 0 Å². The summed E-state index contributed by atoms with van der Waals surface area (Å²) in [6, 6.07) is 0. The average Bonchev–Trinajstić information content (AvgIpc) is 2.32. The Balaban J connectivity index is 4.56. The molecule has 110 valence electrons. The van der Waals surface area contributed by atoms with Crippen LogP contribution in [0.2, 0.25) is 0 Å². The lowest BCUT2D eigenvalue weighted by atomic mass is 9.97. The second-order valence-corrected chi connectivity index (χ2v) is 5.59. The highest BCUT2D eigenvalue weighted by molar-refractivity contribution is 5.89. The Morgan fingerprint density at radius 2 is 1.79 bits per heavy atom. The molecule has 0 aromatic heterocycles. The number of hydrogen-bond donors (Lipinski definition) is 0. The molecule has 0 aliphatic rings. The van der Waals surface area contributed by atoms with Gasteiger partial charge in [-0.15, -0.1) is 0 Å². The second kappa shape index (κ2) is 7.97. The van der Waals surface area contributed by atoms with Gasteiger partial charge in [0.05, 0.1) is 17.1 Å². The fourth-order valence-electron chi connectivity index (χ4n) is 1.15. The number of allylic oxidation sites excluding steroid dienone is 1. The van der Waals surface area contributed by atoms with E-state index in [1.54, 1.807) is 26.8 Å². The van der Waals surface area contributed by atoms with Crippen molar-refractivity contribution in [3.8, 4) is 0 Å². The maximum absolute atomic E-state index is 11.9. The van der Waals surface area contributed by atoms with E-state index in [-0.39, 0.29) is 18.7 Å². The first-order valence-electron chi connectivity index (χ1n) is 6.79. The monoisotopic (exact) mass is 270 g/mol. The third-order valence-corrected chi connectivity index (χ3v) is 2.57. The smallest absolute Gasteiger partial charge is 0.337 e. The van der Waals surface area contributed by atoms with Crippen molar-refractivity contribution >= 4 is 11.9 Å². The molecule has 0 aromatic carbocycles. The number of ether oxygens (including phenoxy) is 2. The van der Waals surface area contributed by atoms with Crippen LogP contribution in [0.5, 0.6) is 0 Å². The van der Waals surface area contributed by atoms with Crippen molar-refractivity contribution in [1.29, 1.82) is 0 Å². The van der Waals surface area contributed by atoms with Gasteiger partial charge in [-0.2, -0.15) is 0 Å². The summed E-state index contributed by atoms with van der Waals surface area (Å²) in [4.78, 5) is 23.6. The predicted octanol–water partition coefficient (Wildman–Crippen LogP) is 3.25. The zero-order valence-corrected chi connectivity index (χ0v) is 12.9. The van der Waals surface area contributed by atoms with Gasteiger partial charge in [-0.3, -0.25) is 4.79 Å². The Hall–Kier alpha value is -1.32. The van der Waals surface area contributed by atoms with Crippen molar-refractivity contribution in [2.45, 2.75) is 60.5 Å². The van der Waals surface area contributed by atoms with E-state index in [0.29, 0.717) is 12.0 Å². The van der Waals surface area contributed by atoms with E-state index in [9.17, 15) is 9.59 Å². The number of rotatable bonds is 6. The summed E-state index contributed by atoms with van der Waals surface area (Å²) in [6.07, 6.45) is 3.05. The van der Waals surface area contributed by atoms with Gasteiger partial charge in [0.1, 0.15) is 6.61 Å². The molecule has 0 radical (unpaired) electrons. The molecule has 0 spiro atoms. The zero-order valence-electron chi connectivity index (χ0n) is 12.9. The molecule has 0 rings (SSSR count). The van der Waals surface area contributed by atoms with Crippen LogP contribution in [-0.2, 0) is 19.1 Å². The van der Waals surface area contributed by atoms with Crippen LogP contribution in [0.3, 0.4) is 0 Å². The van der Waals surface area contributed by atoms with Gasteiger partial charge in [0.25, 0.3) is 0 Å². The first kappa shape index (κ1) is 17.7. The van der Waals surface area contributed by atoms with Gasteiger partial charge in [-0.05, 0) is 40.5 Å². The maximum Gasteiger partial charge on any atom is 0.337 e. The summed E-state index contributed by atoms with van der Waals surface area (Å²) < 4.78 is 10.4. The van der Waals surface area contributed by atoms with Crippen molar-refractivity contribution in [1.82, 2.24) is 0 Å². The zero-order chi connectivity index (χ0) is 15.1. The van der Waals surface area contributed by atoms with Crippen LogP contribution in [0, 0.1) is 5.41 Å². The van der Waals surface area contributed by atoms with Gasteiger partial charge in [-0.25, -0.2) is 4.79 Å². The summed E-state index contributed by atoms with van der Waals surface area (Å²) in [5, 5.41) is 0. The Morgan fingerprint density at radius 1 is 1.21 bits per heavy atom. The van der Waals surface area contributed by atoms with Crippen LogP contribution in [0.1, 0.15) is 54.4 Å². The number of esters is 2. The molecule has 4 nitrogen and oxygen atoms in total. The lowest BCUT2D eigenvalue weighted by Gasteiger charge is -2.18. The molecule has 0 aliphatic carbocycles. The highest BCUT2D eigenvalue weighted by Gasteiger charge is 2.24. The molecule has 1 unspecified atom stereocenters. The van der Waals surface area contributed by atoms with Gasteiger partial charge in [0.2, 0.25) is 0 Å². The Bertz CT molecular complexity index is 337. The van der Waals surface area contributed by atoms with Crippen LogP contribution >= 0.6 is 0 Å². The molecule has 0 saturated heterocycles. The van der Waals surface area contributed by atoms with E-state index in [1.807, 2.05) is 20.8 Å². The van der Waals surface area contributed by atoms with E-state index in [1.165, 1.54) is 0 Å². The van der Waals surface area contributed by atoms with E-state index in [4.69, 9.17) is 9.47 Å². The molecule has 0 fully saturated rings. The van der Waals surface area contributed by atoms with E-state index < -0.39 is 11.4 Å². The average molecular weight is 270 g/mol. The van der Waals surface area contributed by atoms with Gasteiger partial charge in [0, 0.05) is 0 Å². The molecule has 0 saturated carbocycles. The molecule has 0 bridgehead atoms. The minimum Gasteiger partial charge on any atom is -0.460 e. The third-order valence-electron chi connectivity index (χ3n) is 2.57. The first-order chi connectivity index (χ1) is 8.72. The van der Waals surface area contributed by atoms with Crippen LogP contribution < -0.4 is 0 Å². The highest BCUT2D eigenvalue weighted by Crippen LogP contribution is 2.16. The fraction of sp³-hybridized carbons (Fsp3) is 0.733. The van der Waals surface area contributed by atoms with Crippen molar-refractivity contribution in [3.63, 3.8) is 0 Å². The Labute approximate surface area is 116 Å².